The van der Waals surface area contributed by atoms with Crippen LogP contribution in [0.25, 0.3) is 0 Å². The van der Waals surface area contributed by atoms with Gasteiger partial charge in [-0.3, -0.25) is 14.2 Å². The van der Waals surface area contributed by atoms with Crippen LogP contribution >= 0.6 is 0 Å². The number of amides is 1. The molecule has 1 heterocycles. The Hall–Kier alpha value is -3.19. The van der Waals surface area contributed by atoms with Crippen LogP contribution < -0.4 is 15.6 Å². The standard InChI is InChI=1S/C22H24N4O3/c1-25(13-17-7-3-2-4-8-17)22(11-18-9-5-6-10-19(18)12-22)16-23-20(27)14-26-15-21(28)29-24-26/h2-10,15H,11-14,16H2,1H3,(H-,23,24,27,28)/p+1. The molecule has 2 N–H and O–H groups in total. The quantitative estimate of drug-likeness (QED) is 0.588. The monoisotopic (exact) mass is 393 g/mol. The zero-order valence-corrected chi connectivity index (χ0v) is 16.4. The van der Waals surface area contributed by atoms with Gasteiger partial charge in [-0.2, -0.15) is 0 Å². The predicted octanol–water partition coefficient (Wildman–Crippen LogP) is 1.04. The number of carbonyl (C=O) groups is 1. The van der Waals surface area contributed by atoms with Crippen LogP contribution in [0.15, 0.2) is 70.1 Å². The summed E-state index contributed by atoms with van der Waals surface area (Å²) in [7, 11) is 2.12. The lowest BCUT2D eigenvalue weighted by molar-refractivity contribution is -0.751. The number of aromatic amines is 1. The summed E-state index contributed by atoms with van der Waals surface area (Å²) in [6, 6.07) is 18.8. The van der Waals surface area contributed by atoms with Crippen LogP contribution in [-0.2, 0) is 30.7 Å². The molecule has 0 unspecified atom stereocenters. The van der Waals surface area contributed by atoms with Crippen molar-refractivity contribution in [1.29, 1.82) is 0 Å². The predicted molar refractivity (Wildman–Crippen MR) is 107 cm³/mol. The minimum Gasteiger partial charge on any atom is -0.349 e. The Morgan fingerprint density at radius 3 is 2.41 bits per heavy atom. The van der Waals surface area contributed by atoms with Crippen LogP contribution in [0.3, 0.4) is 0 Å². The van der Waals surface area contributed by atoms with E-state index in [2.05, 4.69) is 63.5 Å². The molecule has 0 fully saturated rings. The Morgan fingerprint density at radius 1 is 1.14 bits per heavy atom. The second-order valence-corrected chi connectivity index (χ2v) is 7.73. The number of hydrogen-bond donors (Lipinski definition) is 2. The van der Waals surface area contributed by atoms with Gasteiger partial charge in [0, 0.05) is 18.6 Å². The van der Waals surface area contributed by atoms with Crippen molar-refractivity contribution in [3.8, 4) is 0 Å². The number of nitrogens with zero attached hydrogens (tertiary/aromatic N) is 2. The molecule has 3 aromatic rings. The molecule has 0 aliphatic heterocycles. The van der Waals surface area contributed by atoms with Crippen LogP contribution in [0.2, 0.25) is 0 Å². The highest BCUT2D eigenvalue weighted by Crippen LogP contribution is 2.34. The highest BCUT2D eigenvalue weighted by atomic mass is 16.5. The largest absolute Gasteiger partial charge is 0.426 e. The summed E-state index contributed by atoms with van der Waals surface area (Å²) in [6.45, 7) is 1.33. The first-order valence-electron chi connectivity index (χ1n) is 9.71. The third-order valence-corrected chi connectivity index (χ3v) is 5.68. The maximum Gasteiger partial charge on any atom is 0.426 e. The molecule has 1 amide bonds. The van der Waals surface area contributed by atoms with Gasteiger partial charge in [0.1, 0.15) is 0 Å². The topological polar surface area (TPSA) is 82.2 Å². The fourth-order valence-electron chi connectivity index (χ4n) is 4.06. The molecule has 0 radical (unpaired) electrons. The number of hydrogen-bond acceptors (Lipinski definition) is 4. The van der Waals surface area contributed by atoms with E-state index in [-0.39, 0.29) is 18.0 Å². The lowest BCUT2D eigenvalue weighted by Crippen LogP contribution is -2.56. The van der Waals surface area contributed by atoms with E-state index in [4.69, 9.17) is 0 Å². The maximum absolute atomic E-state index is 12.5. The van der Waals surface area contributed by atoms with E-state index >= 15 is 0 Å². The number of fused-ring (bicyclic) bond motifs is 1. The molecule has 7 heteroatoms. The van der Waals surface area contributed by atoms with E-state index in [9.17, 15) is 9.59 Å². The van der Waals surface area contributed by atoms with E-state index in [0.29, 0.717) is 6.54 Å². The summed E-state index contributed by atoms with van der Waals surface area (Å²) < 4.78 is 5.94. The number of aromatic nitrogens is 2. The van der Waals surface area contributed by atoms with Crippen molar-refractivity contribution in [3.05, 3.63) is 87.9 Å². The molecule has 1 aliphatic carbocycles. The summed E-state index contributed by atoms with van der Waals surface area (Å²) in [5.74, 6) is -0.171. The minimum atomic E-state index is -0.511. The average Bonchev–Trinajstić information content (AvgIpc) is 3.31. The zero-order chi connectivity index (χ0) is 20.3. The third-order valence-electron chi connectivity index (χ3n) is 5.68. The van der Waals surface area contributed by atoms with Crippen LogP contribution in [0.4, 0.5) is 0 Å². The van der Waals surface area contributed by atoms with Gasteiger partial charge in [-0.25, -0.2) is 4.79 Å². The van der Waals surface area contributed by atoms with Crippen LogP contribution in [0, 0.1) is 0 Å². The normalized spacial score (nSPS) is 14.7. The Bertz CT molecular complexity index is 1020. The van der Waals surface area contributed by atoms with Gasteiger partial charge in [0.05, 0.1) is 0 Å². The molecule has 2 aromatic carbocycles. The SMILES string of the molecule is CN(Cc1ccccc1)C1(CNC(=O)C[n+]2cc(=O)o[nH]2)Cc2ccccc2C1. The Labute approximate surface area is 168 Å². The summed E-state index contributed by atoms with van der Waals surface area (Å²) in [5.41, 5.74) is 3.18. The lowest BCUT2D eigenvalue weighted by atomic mass is 9.92. The van der Waals surface area contributed by atoms with Gasteiger partial charge in [-0.1, -0.05) is 59.3 Å². The summed E-state index contributed by atoms with van der Waals surface area (Å²) >= 11 is 0. The Balaban J connectivity index is 1.49. The second kappa shape index (κ2) is 8.05. The zero-order valence-electron chi connectivity index (χ0n) is 16.4. The molecule has 0 spiro atoms. The highest BCUT2D eigenvalue weighted by molar-refractivity contribution is 5.74. The van der Waals surface area contributed by atoms with Gasteiger partial charge in [0.25, 0.3) is 18.6 Å². The smallest absolute Gasteiger partial charge is 0.349 e. The van der Waals surface area contributed by atoms with Gasteiger partial charge < -0.3 is 5.32 Å². The molecule has 0 bridgehead atoms. The molecular formula is C22H25N4O3+. The minimum absolute atomic E-state index is 0.0111. The average molecular weight is 393 g/mol. The first-order chi connectivity index (χ1) is 14.0. The van der Waals surface area contributed by atoms with Crippen LogP contribution in [0.5, 0.6) is 0 Å². The number of benzene rings is 2. The highest BCUT2D eigenvalue weighted by Gasteiger charge is 2.41. The van der Waals surface area contributed by atoms with Crippen LogP contribution in [0.1, 0.15) is 16.7 Å². The fourth-order valence-corrected chi connectivity index (χ4v) is 4.06. The van der Waals surface area contributed by atoms with Gasteiger partial charge in [-0.05, 0) is 41.9 Å². The first-order valence-corrected chi connectivity index (χ1v) is 9.71. The van der Waals surface area contributed by atoms with Crippen LogP contribution in [-0.4, -0.2) is 35.2 Å². The third kappa shape index (κ3) is 4.30. The molecule has 0 saturated carbocycles. The van der Waals surface area contributed by atoms with E-state index in [1.807, 2.05) is 18.2 Å². The van der Waals surface area contributed by atoms with Gasteiger partial charge in [-0.15, -0.1) is 0 Å². The molecule has 7 nitrogen and oxygen atoms in total. The second-order valence-electron chi connectivity index (χ2n) is 7.73. The maximum atomic E-state index is 12.5. The van der Waals surface area contributed by atoms with Crippen molar-refractivity contribution < 1.29 is 14.0 Å². The molecule has 4 rings (SSSR count). The Kier molecular flexibility index (Phi) is 5.31. The van der Waals surface area contributed by atoms with Crippen molar-refractivity contribution >= 4 is 5.91 Å². The van der Waals surface area contributed by atoms with Crippen molar-refractivity contribution in [1.82, 2.24) is 15.5 Å². The summed E-state index contributed by atoms with van der Waals surface area (Å²) in [6.07, 6.45) is 2.98. The van der Waals surface area contributed by atoms with E-state index in [0.717, 1.165) is 19.4 Å². The number of nitrogens with one attached hydrogen (secondary N) is 2. The number of likely N-dealkylation sites (N-methyl/N-ethyl adjacent to an activating group) is 1. The van der Waals surface area contributed by atoms with E-state index in [1.165, 1.54) is 27.6 Å². The van der Waals surface area contributed by atoms with Gasteiger partial charge >= 0.3 is 5.63 Å². The molecule has 29 heavy (non-hydrogen) atoms. The number of rotatable bonds is 7. The molecule has 1 aliphatic rings. The number of H-pyrrole nitrogens is 1. The van der Waals surface area contributed by atoms with Crippen molar-refractivity contribution in [2.75, 3.05) is 13.6 Å². The van der Waals surface area contributed by atoms with Gasteiger partial charge in [0.15, 0.2) is 0 Å². The Morgan fingerprint density at radius 2 is 1.79 bits per heavy atom. The van der Waals surface area contributed by atoms with Gasteiger partial charge in [0.2, 0.25) is 0 Å². The molecular weight excluding hydrogens is 368 g/mol. The summed E-state index contributed by atoms with van der Waals surface area (Å²) in [4.78, 5) is 25.9. The van der Waals surface area contributed by atoms with Crippen molar-refractivity contribution in [2.24, 2.45) is 0 Å². The number of carbonyl (C=O) groups excluding carboxylic acids is 1. The van der Waals surface area contributed by atoms with Crippen molar-refractivity contribution in [2.45, 2.75) is 31.5 Å². The van der Waals surface area contributed by atoms with E-state index < -0.39 is 5.63 Å². The molecule has 1 aromatic heterocycles. The fraction of sp³-hybridized carbons (Fsp3) is 0.318. The summed E-state index contributed by atoms with van der Waals surface area (Å²) in [5, 5.41) is 5.46. The lowest BCUT2D eigenvalue weighted by Gasteiger charge is -2.39. The molecule has 0 saturated heterocycles. The van der Waals surface area contributed by atoms with E-state index in [1.54, 1.807) is 0 Å². The molecule has 0 atom stereocenters. The molecule has 150 valence electrons. The first kappa shape index (κ1) is 19.1. The van der Waals surface area contributed by atoms with Crippen molar-refractivity contribution in [3.63, 3.8) is 0 Å².